The molecule has 0 saturated carbocycles. The molecule has 2 unspecified atom stereocenters. The lowest BCUT2D eigenvalue weighted by Gasteiger charge is -2.22. The number of halogens is 3. The molecular weight excluding hydrogens is 317 g/mol. The van der Waals surface area contributed by atoms with Crippen molar-refractivity contribution >= 4 is 0 Å². The smallest absolute Gasteiger partial charge is 0.392 e. The van der Waals surface area contributed by atoms with E-state index >= 15 is 0 Å². The van der Waals surface area contributed by atoms with Crippen LogP contribution in [-0.2, 0) is 6.18 Å². The summed E-state index contributed by atoms with van der Waals surface area (Å²) in [5.74, 6) is 0. The zero-order chi connectivity index (χ0) is 17.6. The van der Waals surface area contributed by atoms with Crippen LogP contribution >= 0.6 is 0 Å². The summed E-state index contributed by atoms with van der Waals surface area (Å²) in [6.45, 7) is 2.27. The topological polar surface area (TPSA) is 45.1 Å². The van der Waals surface area contributed by atoms with Crippen LogP contribution in [0.3, 0.4) is 0 Å². The Labute approximate surface area is 139 Å². The van der Waals surface area contributed by atoms with Crippen LogP contribution in [0.4, 0.5) is 13.2 Å². The molecule has 0 fully saturated rings. The summed E-state index contributed by atoms with van der Waals surface area (Å²) in [6, 6.07) is 8.31. The quantitative estimate of drug-likeness (QED) is 0.804. The maximum absolute atomic E-state index is 13.0. The van der Waals surface area contributed by atoms with E-state index in [4.69, 9.17) is 0 Å². The van der Waals surface area contributed by atoms with Crippen LogP contribution in [0, 0.1) is 0 Å². The predicted octanol–water partition coefficient (Wildman–Crippen LogP) is 3.94. The fraction of sp³-hybridized carbons (Fsp3) is 0.389. The van der Waals surface area contributed by atoms with Crippen molar-refractivity contribution in [3.8, 4) is 0 Å². The maximum Gasteiger partial charge on any atom is 0.416 e. The second-order valence-corrected chi connectivity index (χ2v) is 5.69. The molecule has 2 atom stereocenters. The van der Waals surface area contributed by atoms with Crippen LogP contribution in [0.25, 0.3) is 0 Å². The van der Waals surface area contributed by atoms with Gasteiger partial charge in [-0.1, -0.05) is 25.5 Å². The molecule has 3 nitrogen and oxygen atoms in total. The highest BCUT2D eigenvalue weighted by Gasteiger charge is 2.31. The lowest BCUT2D eigenvalue weighted by atomic mass is 9.97. The summed E-state index contributed by atoms with van der Waals surface area (Å²) >= 11 is 0. The molecule has 1 aromatic carbocycles. The number of aliphatic hydroxyl groups excluding tert-OH is 1. The van der Waals surface area contributed by atoms with E-state index in [0.717, 1.165) is 24.1 Å². The summed E-state index contributed by atoms with van der Waals surface area (Å²) in [4.78, 5) is 3.95. The zero-order valence-electron chi connectivity index (χ0n) is 13.4. The first kappa shape index (κ1) is 18.4. The number of alkyl halides is 3. The van der Waals surface area contributed by atoms with E-state index < -0.39 is 23.9 Å². The van der Waals surface area contributed by atoms with Crippen molar-refractivity contribution in [2.75, 3.05) is 6.54 Å². The van der Waals surface area contributed by atoms with Gasteiger partial charge in [-0.2, -0.15) is 13.2 Å². The summed E-state index contributed by atoms with van der Waals surface area (Å²) in [6.07, 6.45) is -0.253. The molecule has 0 saturated heterocycles. The minimum absolute atomic E-state index is 0.303. The lowest BCUT2D eigenvalue weighted by Crippen LogP contribution is -2.31. The van der Waals surface area contributed by atoms with Gasteiger partial charge in [-0.05, 0) is 41.8 Å². The van der Waals surface area contributed by atoms with E-state index in [-0.39, 0.29) is 0 Å². The van der Waals surface area contributed by atoms with Crippen molar-refractivity contribution in [3.63, 3.8) is 0 Å². The number of hydrogen-bond acceptors (Lipinski definition) is 3. The number of rotatable bonds is 7. The standard InChI is InChI=1S/C18H21F3N2O/c1-2-4-16(24)12-23-17(13-7-9-22-10-8-13)14-5-3-6-15(11-14)18(19,20)21/h3,5-11,16-17,23-24H,2,4,12H2,1H3. The van der Waals surface area contributed by atoms with E-state index in [1.807, 2.05) is 6.92 Å². The van der Waals surface area contributed by atoms with E-state index in [1.54, 1.807) is 30.6 Å². The molecule has 0 aliphatic carbocycles. The third-order valence-electron chi connectivity index (χ3n) is 3.77. The van der Waals surface area contributed by atoms with Gasteiger partial charge in [-0.15, -0.1) is 0 Å². The highest BCUT2D eigenvalue weighted by atomic mass is 19.4. The van der Waals surface area contributed by atoms with Gasteiger partial charge in [0.15, 0.2) is 0 Å². The summed E-state index contributed by atoms with van der Waals surface area (Å²) in [5.41, 5.74) is 0.614. The number of benzene rings is 1. The van der Waals surface area contributed by atoms with Gasteiger partial charge in [0.05, 0.1) is 17.7 Å². The molecule has 1 aromatic heterocycles. The van der Waals surface area contributed by atoms with Crippen molar-refractivity contribution < 1.29 is 18.3 Å². The first-order chi connectivity index (χ1) is 11.4. The van der Waals surface area contributed by atoms with Crippen molar-refractivity contribution in [2.24, 2.45) is 0 Å². The average molecular weight is 338 g/mol. The SMILES string of the molecule is CCCC(O)CNC(c1ccncc1)c1cccc(C(F)(F)F)c1. The molecule has 1 heterocycles. The lowest BCUT2D eigenvalue weighted by molar-refractivity contribution is -0.137. The van der Waals surface area contributed by atoms with E-state index in [0.29, 0.717) is 18.5 Å². The Morgan fingerprint density at radius 2 is 1.83 bits per heavy atom. The van der Waals surface area contributed by atoms with Gasteiger partial charge < -0.3 is 10.4 Å². The number of pyridine rings is 1. The van der Waals surface area contributed by atoms with Crippen LogP contribution < -0.4 is 5.32 Å². The van der Waals surface area contributed by atoms with Crippen LogP contribution in [0.15, 0.2) is 48.8 Å². The molecule has 6 heteroatoms. The monoisotopic (exact) mass is 338 g/mol. The molecular formula is C18H21F3N2O. The van der Waals surface area contributed by atoms with Crippen molar-refractivity contribution in [1.29, 1.82) is 0 Å². The average Bonchev–Trinajstić information content (AvgIpc) is 2.56. The number of aliphatic hydroxyl groups is 1. The maximum atomic E-state index is 13.0. The molecule has 2 N–H and O–H groups in total. The Balaban J connectivity index is 2.29. The Morgan fingerprint density at radius 3 is 2.46 bits per heavy atom. The Bertz CT molecular complexity index is 632. The summed E-state index contributed by atoms with van der Waals surface area (Å²) in [7, 11) is 0. The third kappa shape index (κ3) is 5.04. The van der Waals surface area contributed by atoms with Gasteiger partial charge in [0.2, 0.25) is 0 Å². The Morgan fingerprint density at radius 1 is 1.12 bits per heavy atom. The number of nitrogens with one attached hydrogen (secondary N) is 1. The van der Waals surface area contributed by atoms with Gasteiger partial charge in [0, 0.05) is 18.9 Å². The highest BCUT2D eigenvalue weighted by Crippen LogP contribution is 2.32. The van der Waals surface area contributed by atoms with Crippen LogP contribution in [0.5, 0.6) is 0 Å². The van der Waals surface area contributed by atoms with Crippen LogP contribution in [0.1, 0.15) is 42.5 Å². The van der Waals surface area contributed by atoms with Crippen LogP contribution in [-0.4, -0.2) is 22.7 Å². The fourth-order valence-corrected chi connectivity index (χ4v) is 2.57. The summed E-state index contributed by atoms with van der Waals surface area (Å²) < 4.78 is 38.9. The fourth-order valence-electron chi connectivity index (χ4n) is 2.57. The second kappa shape index (κ2) is 8.26. The zero-order valence-corrected chi connectivity index (χ0v) is 13.4. The van der Waals surface area contributed by atoms with Crippen molar-refractivity contribution in [3.05, 3.63) is 65.5 Å². The van der Waals surface area contributed by atoms with E-state index in [2.05, 4.69) is 10.3 Å². The normalized spacial score (nSPS) is 14.4. The third-order valence-corrected chi connectivity index (χ3v) is 3.77. The molecule has 0 aliphatic rings. The van der Waals surface area contributed by atoms with Crippen molar-refractivity contribution in [1.82, 2.24) is 10.3 Å². The van der Waals surface area contributed by atoms with Gasteiger partial charge in [0.25, 0.3) is 0 Å². The van der Waals surface area contributed by atoms with Gasteiger partial charge in [-0.25, -0.2) is 0 Å². The molecule has 0 bridgehead atoms. The predicted molar refractivity (Wildman–Crippen MR) is 86.4 cm³/mol. The first-order valence-electron chi connectivity index (χ1n) is 7.90. The van der Waals surface area contributed by atoms with Crippen molar-refractivity contribution in [2.45, 2.75) is 38.1 Å². The Kier molecular flexibility index (Phi) is 6.34. The van der Waals surface area contributed by atoms with E-state index in [1.165, 1.54) is 6.07 Å². The largest absolute Gasteiger partial charge is 0.416 e. The molecule has 0 radical (unpaired) electrons. The second-order valence-electron chi connectivity index (χ2n) is 5.69. The minimum atomic E-state index is -4.39. The van der Waals surface area contributed by atoms with Gasteiger partial charge in [0.1, 0.15) is 0 Å². The number of hydrogen-bond donors (Lipinski definition) is 2. The number of aromatic nitrogens is 1. The van der Waals surface area contributed by atoms with E-state index in [9.17, 15) is 18.3 Å². The number of nitrogens with zero attached hydrogens (tertiary/aromatic N) is 1. The first-order valence-corrected chi connectivity index (χ1v) is 7.90. The van der Waals surface area contributed by atoms with Crippen LogP contribution in [0.2, 0.25) is 0 Å². The molecule has 24 heavy (non-hydrogen) atoms. The molecule has 0 spiro atoms. The molecule has 130 valence electrons. The minimum Gasteiger partial charge on any atom is -0.392 e. The van der Waals surface area contributed by atoms with Gasteiger partial charge in [-0.3, -0.25) is 4.98 Å². The highest BCUT2D eigenvalue weighted by molar-refractivity contribution is 5.34. The molecule has 0 aliphatic heterocycles. The molecule has 2 rings (SSSR count). The molecule has 2 aromatic rings. The molecule has 0 amide bonds. The van der Waals surface area contributed by atoms with Gasteiger partial charge >= 0.3 is 6.18 Å². The summed E-state index contributed by atoms with van der Waals surface area (Å²) in [5, 5.41) is 13.1. The Hall–Kier alpha value is -1.92.